The zero-order chi connectivity index (χ0) is 12.5. The highest BCUT2D eigenvalue weighted by Gasteiger charge is 2.03. The Morgan fingerprint density at radius 2 is 2.12 bits per heavy atom. The van der Waals surface area contributed by atoms with E-state index in [4.69, 9.17) is 9.47 Å². The summed E-state index contributed by atoms with van der Waals surface area (Å²) in [7, 11) is 3.59. The molecule has 1 aromatic rings. The summed E-state index contributed by atoms with van der Waals surface area (Å²) in [5.41, 5.74) is 1.11. The van der Waals surface area contributed by atoms with Crippen LogP contribution in [-0.4, -0.2) is 27.3 Å². The number of likely N-dealkylation sites (N-methyl/N-ethyl adjacent to an activating group) is 1. The van der Waals surface area contributed by atoms with E-state index < -0.39 is 0 Å². The molecule has 17 heavy (non-hydrogen) atoms. The molecule has 0 fully saturated rings. The van der Waals surface area contributed by atoms with E-state index in [2.05, 4.69) is 24.4 Å². The molecule has 1 rings (SSSR count). The molecule has 0 spiro atoms. The van der Waals surface area contributed by atoms with Crippen LogP contribution in [0.15, 0.2) is 24.3 Å². The first-order chi connectivity index (χ1) is 8.31. The SMILES string of the molecule is CCCOc1ccc(C=CCNC)cc1OC. The molecule has 0 saturated carbocycles. The van der Waals surface area contributed by atoms with Crippen LogP contribution in [0, 0.1) is 0 Å². The minimum Gasteiger partial charge on any atom is -0.493 e. The highest BCUT2D eigenvalue weighted by Crippen LogP contribution is 2.28. The molecular weight excluding hydrogens is 214 g/mol. The van der Waals surface area contributed by atoms with E-state index in [1.165, 1.54) is 0 Å². The zero-order valence-electron chi connectivity index (χ0n) is 10.8. The van der Waals surface area contributed by atoms with Crippen LogP contribution >= 0.6 is 0 Å². The first kappa shape index (κ1) is 13.6. The van der Waals surface area contributed by atoms with Crippen LogP contribution in [0.4, 0.5) is 0 Å². The number of ether oxygens (including phenoxy) is 2. The zero-order valence-corrected chi connectivity index (χ0v) is 10.8. The fourth-order valence-corrected chi connectivity index (χ4v) is 1.43. The normalized spacial score (nSPS) is 10.8. The van der Waals surface area contributed by atoms with Crippen molar-refractivity contribution in [1.29, 1.82) is 0 Å². The van der Waals surface area contributed by atoms with Crippen molar-refractivity contribution in [1.82, 2.24) is 5.32 Å². The molecule has 0 unspecified atom stereocenters. The Morgan fingerprint density at radius 3 is 2.76 bits per heavy atom. The van der Waals surface area contributed by atoms with Gasteiger partial charge in [0, 0.05) is 6.54 Å². The Hall–Kier alpha value is -1.48. The highest BCUT2D eigenvalue weighted by atomic mass is 16.5. The molecule has 94 valence electrons. The summed E-state index contributed by atoms with van der Waals surface area (Å²) in [5, 5.41) is 3.06. The molecule has 0 aromatic heterocycles. The van der Waals surface area contributed by atoms with E-state index in [9.17, 15) is 0 Å². The van der Waals surface area contributed by atoms with Crippen molar-refractivity contribution in [3.8, 4) is 11.5 Å². The number of rotatable bonds is 7. The van der Waals surface area contributed by atoms with Gasteiger partial charge in [-0.1, -0.05) is 25.1 Å². The lowest BCUT2D eigenvalue weighted by Crippen LogP contribution is -2.03. The van der Waals surface area contributed by atoms with Gasteiger partial charge >= 0.3 is 0 Å². The summed E-state index contributed by atoms with van der Waals surface area (Å²) < 4.78 is 10.9. The van der Waals surface area contributed by atoms with Crippen LogP contribution in [0.2, 0.25) is 0 Å². The molecule has 0 aliphatic heterocycles. The number of nitrogens with one attached hydrogen (secondary N) is 1. The largest absolute Gasteiger partial charge is 0.493 e. The number of benzene rings is 1. The minimum atomic E-state index is 0.714. The quantitative estimate of drug-likeness (QED) is 0.788. The second-order valence-electron chi connectivity index (χ2n) is 3.72. The predicted octanol–water partition coefficient (Wildman–Crippen LogP) is 2.72. The van der Waals surface area contributed by atoms with E-state index in [0.717, 1.165) is 30.0 Å². The Balaban J connectivity index is 2.77. The average Bonchev–Trinajstić information content (AvgIpc) is 2.37. The van der Waals surface area contributed by atoms with Crippen molar-refractivity contribution in [3.05, 3.63) is 29.8 Å². The van der Waals surface area contributed by atoms with E-state index in [1.54, 1.807) is 7.11 Å². The molecule has 0 aliphatic rings. The summed E-state index contributed by atoms with van der Waals surface area (Å²) in [6, 6.07) is 5.96. The van der Waals surface area contributed by atoms with Gasteiger partial charge in [0.2, 0.25) is 0 Å². The van der Waals surface area contributed by atoms with Crippen LogP contribution in [0.5, 0.6) is 11.5 Å². The van der Waals surface area contributed by atoms with Gasteiger partial charge in [-0.05, 0) is 31.2 Å². The Bertz CT molecular complexity index is 361. The molecule has 0 aliphatic carbocycles. The van der Waals surface area contributed by atoms with Crippen LogP contribution in [0.1, 0.15) is 18.9 Å². The van der Waals surface area contributed by atoms with Gasteiger partial charge in [-0.15, -0.1) is 0 Å². The number of hydrogen-bond acceptors (Lipinski definition) is 3. The van der Waals surface area contributed by atoms with E-state index in [0.29, 0.717) is 6.61 Å². The second kappa shape index (κ2) is 7.74. The summed E-state index contributed by atoms with van der Waals surface area (Å²) >= 11 is 0. The van der Waals surface area contributed by atoms with Gasteiger partial charge in [-0.25, -0.2) is 0 Å². The van der Waals surface area contributed by atoms with Crippen molar-refractivity contribution in [2.75, 3.05) is 27.3 Å². The lowest BCUT2D eigenvalue weighted by atomic mass is 10.2. The van der Waals surface area contributed by atoms with Crippen molar-refractivity contribution >= 4 is 6.08 Å². The van der Waals surface area contributed by atoms with Gasteiger partial charge < -0.3 is 14.8 Å². The van der Waals surface area contributed by atoms with Gasteiger partial charge in [0.1, 0.15) is 0 Å². The lowest BCUT2D eigenvalue weighted by Gasteiger charge is -2.10. The molecule has 3 nitrogen and oxygen atoms in total. The smallest absolute Gasteiger partial charge is 0.161 e. The Kier molecular flexibility index (Phi) is 6.18. The van der Waals surface area contributed by atoms with E-state index in [-0.39, 0.29) is 0 Å². The molecular formula is C14H21NO2. The first-order valence-corrected chi connectivity index (χ1v) is 5.93. The maximum absolute atomic E-state index is 5.60. The predicted molar refractivity (Wildman–Crippen MR) is 71.7 cm³/mol. The number of methoxy groups -OCH3 is 1. The van der Waals surface area contributed by atoms with Gasteiger partial charge in [0.15, 0.2) is 11.5 Å². The summed E-state index contributed by atoms with van der Waals surface area (Å²) in [4.78, 5) is 0. The Morgan fingerprint density at radius 1 is 1.29 bits per heavy atom. The monoisotopic (exact) mass is 235 g/mol. The molecule has 0 atom stereocenters. The second-order valence-corrected chi connectivity index (χ2v) is 3.72. The summed E-state index contributed by atoms with van der Waals surface area (Å²) in [6.07, 6.45) is 5.12. The topological polar surface area (TPSA) is 30.5 Å². The molecule has 1 aromatic carbocycles. The van der Waals surface area contributed by atoms with Crippen molar-refractivity contribution < 1.29 is 9.47 Å². The van der Waals surface area contributed by atoms with Gasteiger partial charge in [0.25, 0.3) is 0 Å². The molecule has 0 saturated heterocycles. The van der Waals surface area contributed by atoms with Gasteiger partial charge in [-0.3, -0.25) is 0 Å². The first-order valence-electron chi connectivity index (χ1n) is 5.93. The van der Waals surface area contributed by atoms with Crippen molar-refractivity contribution in [2.45, 2.75) is 13.3 Å². The number of hydrogen-bond donors (Lipinski definition) is 1. The highest BCUT2D eigenvalue weighted by molar-refractivity contribution is 5.56. The summed E-state index contributed by atoms with van der Waals surface area (Å²) in [5.74, 6) is 1.59. The van der Waals surface area contributed by atoms with Crippen LogP contribution in [0.3, 0.4) is 0 Å². The van der Waals surface area contributed by atoms with Crippen LogP contribution in [0.25, 0.3) is 6.08 Å². The maximum atomic E-state index is 5.60. The molecule has 0 amide bonds. The van der Waals surface area contributed by atoms with Crippen molar-refractivity contribution in [2.24, 2.45) is 0 Å². The molecule has 3 heteroatoms. The molecule has 0 radical (unpaired) electrons. The third-order valence-corrected chi connectivity index (χ3v) is 2.28. The lowest BCUT2D eigenvalue weighted by molar-refractivity contribution is 0.294. The van der Waals surface area contributed by atoms with E-state index in [1.807, 2.05) is 25.2 Å². The van der Waals surface area contributed by atoms with Gasteiger partial charge in [0.05, 0.1) is 13.7 Å². The average molecular weight is 235 g/mol. The third kappa shape index (κ3) is 4.49. The van der Waals surface area contributed by atoms with E-state index >= 15 is 0 Å². The molecule has 1 N–H and O–H groups in total. The minimum absolute atomic E-state index is 0.714. The fraction of sp³-hybridized carbons (Fsp3) is 0.429. The van der Waals surface area contributed by atoms with Crippen molar-refractivity contribution in [3.63, 3.8) is 0 Å². The third-order valence-electron chi connectivity index (χ3n) is 2.28. The fourth-order valence-electron chi connectivity index (χ4n) is 1.43. The Labute approximate surface area is 103 Å². The van der Waals surface area contributed by atoms with Gasteiger partial charge in [-0.2, -0.15) is 0 Å². The molecule has 0 bridgehead atoms. The molecule has 0 heterocycles. The standard InChI is InChI=1S/C14H21NO2/c1-4-10-17-13-8-7-12(6-5-9-15-2)11-14(13)16-3/h5-8,11,15H,4,9-10H2,1-3H3. The maximum Gasteiger partial charge on any atom is 0.161 e. The van der Waals surface area contributed by atoms with Crippen LogP contribution < -0.4 is 14.8 Å². The summed E-state index contributed by atoms with van der Waals surface area (Å²) in [6.45, 7) is 3.66. The van der Waals surface area contributed by atoms with Crippen LogP contribution in [-0.2, 0) is 0 Å².